The quantitative estimate of drug-likeness (QED) is 0.204. The van der Waals surface area contributed by atoms with E-state index in [-0.39, 0.29) is 132 Å². The Kier molecular flexibility index (Phi) is 11.1. The van der Waals surface area contributed by atoms with Gasteiger partial charge < -0.3 is 14.4 Å². The normalized spacial score (nSPS) is 12.7. The van der Waals surface area contributed by atoms with Gasteiger partial charge in [-0.25, -0.2) is 4.68 Å². The Bertz CT molecular complexity index is 881. The standard InChI is InChI=1S/C16H18N3O5P.2K/c20-15-11-7-3-4-8-12(11)16(21)14-13(15)17-18-19(14)9-5-1-2-6-10-25(22,23)24;;/h3-4,7-8H,1-2,5-6,9-10H2,(H2,22,23,24);;/q;2*+1/p-2. The maximum absolute atomic E-state index is 12.6. The van der Waals surface area contributed by atoms with Crippen LogP contribution in [0.4, 0.5) is 0 Å². The molecule has 8 nitrogen and oxygen atoms in total. The minimum absolute atomic E-state index is 0. The van der Waals surface area contributed by atoms with Gasteiger partial charge in [-0.1, -0.05) is 49.9 Å². The smallest absolute Gasteiger partial charge is 0.811 e. The van der Waals surface area contributed by atoms with E-state index in [1.165, 1.54) is 4.68 Å². The Morgan fingerprint density at radius 1 is 0.926 bits per heavy atom. The van der Waals surface area contributed by atoms with Crippen LogP contribution in [0.1, 0.15) is 57.8 Å². The van der Waals surface area contributed by atoms with Gasteiger partial charge in [0.2, 0.25) is 11.6 Å². The average Bonchev–Trinajstić information content (AvgIpc) is 2.99. The molecule has 0 saturated carbocycles. The molecule has 1 aromatic heterocycles. The van der Waals surface area contributed by atoms with Gasteiger partial charge in [-0.05, 0) is 19.0 Å². The monoisotopic (exact) mass is 439 g/mol. The average molecular weight is 439 g/mol. The van der Waals surface area contributed by atoms with Crippen molar-refractivity contribution in [2.24, 2.45) is 0 Å². The first-order valence-corrected chi connectivity index (χ1v) is 9.74. The molecule has 1 aromatic carbocycles. The number of ketones is 2. The minimum atomic E-state index is -4.43. The van der Waals surface area contributed by atoms with Crippen molar-refractivity contribution in [2.45, 2.75) is 32.2 Å². The molecule has 1 aliphatic rings. The molecule has 3 rings (SSSR count). The Morgan fingerprint density at radius 3 is 2.15 bits per heavy atom. The maximum Gasteiger partial charge on any atom is 1.00 e. The first-order chi connectivity index (χ1) is 11.9. The number of nitrogens with zero attached hydrogens (tertiary/aromatic N) is 3. The first kappa shape index (κ1) is 26.2. The van der Waals surface area contributed by atoms with Crippen LogP contribution >= 0.6 is 7.60 Å². The van der Waals surface area contributed by atoms with Crippen molar-refractivity contribution in [3.05, 3.63) is 46.8 Å². The molecule has 2 aromatic rings. The van der Waals surface area contributed by atoms with Crippen molar-refractivity contribution < 1.29 is 127 Å². The van der Waals surface area contributed by atoms with Crippen LogP contribution in [0.15, 0.2) is 24.3 Å². The molecular weight excluding hydrogens is 423 g/mol. The van der Waals surface area contributed by atoms with Crippen molar-refractivity contribution in [1.29, 1.82) is 0 Å². The van der Waals surface area contributed by atoms with Crippen molar-refractivity contribution in [2.75, 3.05) is 6.16 Å². The topological polar surface area (TPSA) is 128 Å². The number of fused-ring (bicyclic) bond motifs is 2. The van der Waals surface area contributed by atoms with Gasteiger partial charge in [-0.15, -0.1) is 5.10 Å². The number of aryl methyl sites for hydroxylation is 1. The van der Waals surface area contributed by atoms with E-state index in [2.05, 4.69) is 10.3 Å². The molecule has 0 amide bonds. The summed E-state index contributed by atoms with van der Waals surface area (Å²) in [6.07, 6.45) is 1.91. The number of hydrogen-bond donors (Lipinski definition) is 0. The van der Waals surface area contributed by atoms with Crippen molar-refractivity contribution in [3.63, 3.8) is 0 Å². The summed E-state index contributed by atoms with van der Waals surface area (Å²) in [5, 5.41) is 7.78. The third-order valence-electron chi connectivity index (χ3n) is 4.13. The van der Waals surface area contributed by atoms with E-state index in [0.29, 0.717) is 43.4 Å². The fourth-order valence-corrected chi connectivity index (χ4v) is 3.51. The van der Waals surface area contributed by atoms with E-state index >= 15 is 0 Å². The molecule has 0 unspecified atom stereocenters. The Morgan fingerprint density at radius 2 is 1.52 bits per heavy atom. The van der Waals surface area contributed by atoms with Crippen LogP contribution < -0.4 is 113 Å². The van der Waals surface area contributed by atoms with Crippen molar-refractivity contribution in [1.82, 2.24) is 15.0 Å². The molecule has 0 spiro atoms. The molecule has 0 atom stereocenters. The van der Waals surface area contributed by atoms with Gasteiger partial charge in [0.1, 0.15) is 5.69 Å². The third kappa shape index (κ3) is 6.55. The number of hydrogen-bond acceptors (Lipinski definition) is 7. The Balaban J connectivity index is 0.00000182. The van der Waals surface area contributed by atoms with Crippen LogP contribution in [-0.2, 0) is 11.1 Å². The predicted molar refractivity (Wildman–Crippen MR) is 84.3 cm³/mol. The molecule has 132 valence electrons. The zero-order chi connectivity index (χ0) is 18.0. The summed E-state index contributed by atoms with van der Waals surface area (Å²) in [5.74, 6) is -0.577. The molecule has 0 saturated heterocycles. The number of carbonyl (C=O) groups excluding carboxylic acids is 2. The molecule has 0 bridgehead atoms. The summed E-state index contributed by atoms with van der Waals surface area (Å²) in [6.45, 7) is 0.399. The van der Waals surface area contributed by atoms with Crippen LogP contribution in [0, 0.1) is 0 Å². The SMILES string of the molecule is O=C1c2ccccc2C(=O)c2c1nnn2CCCCCCP(=O)([O-])[O-].[K+].[K+]. The summed E-state index contributed by atoms with van der Waals surface area (Å²) in [4.78, 5) is 46.2. The second-order valence-electron chi connectivity index (χ2n) is 5.96. The van der Waals surface area contributed by atoms with Gasteiger partial charge in [0.15, 0.2) is 5.69 Å². The summed E-state index contributed by atoms with van der Waals surface area (Å²) in [5.41, 5.74) is 0.964. The van der Waals surface area contributed by atoms with E-state index in [0.717, 1.165) is 0 Å². The molecule has 27 heavy (non-hydrogen) atoms. The van der Waals surface area contributed by atoms with E-state index in [1.54, 1.807) is 24.3 Å². The Hall–Kier alpha value is 1.12. The predicted octanol–water partition coefficient (Wildman–Crippen LogP) is -5.46. The van der Waals surface area contributed by atoms with Crippen LogP contribution in [0.25, 0.3) is 0 Å². The van der Waals surface area contributed by atoms with Gasteiger partial charge in [-0.2, -0.15) is 0 Å². The molecule has 1 heterocycles. The minimum Gasteiger partial charge on any atom is -0.811 e. The molecule has 0 aliphatic heterocycles. The molecule has 0 N–H and O–H groups in total. The summed E-state index contributed by atoms with van der Waals surface area (Å²) in [7, 11) is -4.43. The zero-order valence-electron chi connectivity index (χ0n) is 15.4. The summed E-state index contributed by atoms with van der Waals surface area (Å²) < 4.78 is 12.0. The Labute approximate surface area is 241 Å². The van der Waals surface area contributed by atoms with Crippen molar-refractivity contribution in [3.8, 4) is 0 Å². The molecule has 0 fully saturated rings. The zero-order valence-corrected chi connectivity index (χ0v) is 22.5. The third-order valence-corrected chi connectivity index (χ3v) is 5.00. The summed E-state index contributed by atoms with van der Waals surface area (Å²) in [6, 6.07) is 6.61. The first-order valence-electron chi connectivity index (χ1n) is 8.01. The largest absolute Gasteiger partial charge is 1.00 e. The molecule has 0 radical (unpaired) electrons. The number of benzene rings is 1. The number of rotatable bonds is 7. The van der Waals surface area contributed by atoms with E-state index < -0.39 is 7.60 Å². The van der Waals surface area contributed by atoms with Gasteiger partial charge in [0.25, 0.3) is 0 Å². The van der Waals surface area contributed by atoms with Crippen LogP contribution in [0.3, 0.4) is 0 Å². The van der Waals surface area contributed by atoms with Gasteiger partial charge in [0, 0.05) is 17.7 Å². The second kappa shape index (κ2) is 11.5. The van der Waals surface area contributed by atoms with E-state index in [4.69, 9.17) is 0 Å². The second-order valence-corrected chi connectivity index (χ2v) is 7.63. The number of unbranched alkanes of at least 4 members (excludes halogenated alkanes) is 3. The summed E-state index contributed by atoms with van der Waals surface area (Å²) >= 11 is 0. The molecule has 11 heteroatoms. The van der Waals surface area contributed by atoms with Gasteiger partial charge in [0.05, 0.1) is 0 Å². The fourth-order valence-electron chi connectivity index (χ4n) is 2.90. The van der Waals surface area contributed by atoms with Crippen LogP contribution in [-0.4, -0.2) is 32.7 Å². The van der Waals surface area contributed by atoms with Crippen LogP contribution in [0.2, 0.25) is 0 Å². The number of carbonyl (C=O) groups is 2. The van der Waals surface area contributed by atoms with E-state index in [9.17, 15) is 23.9 Å². The van der Waals surface area contributed by atoms with E-state index in [1.807, 2.05) is 0 Å². The molecule has 1 aliphatic carbocycles. The van der Waals surface area contributed by atoms with Crippen molar-refractivity contribution >= 4 is 19.2 Å². The van der Waals surface area contributed by atoms with Crippen LogP contribution in [0.5, 0.6) is 0 Å². The van der Waals surface area contributed by atoms with Gasteiger partial charge >= 0.3 is 103 Å². The maximum atomic E-state index is 12.6. The molecular formula is C16H16K2N3O5P. The number of aromatic nitrogens is 3. The van der Waals surface area contributed by atoms with Gasteiger partial charge in [-0.3, -0.25) is 9.59 Å². The fraction of sp³-hybridized carbons (Fsp3) is 0.375.